The normalized spacial score (nSPS) is 35.7. The maximum atomic E-state index is 11.1. The Morgan fingerprint density at radius 3 is 2.45 bits per heavy atom. The molecule has 1 fully saturated rings. The Balaban J connectivity index is 3.04. The maximum Gasteiger partial charge on any atom is 0.327 e. The minimum atomic E-state index is -0.416. The standard InChI is InChI=1S/C16H31O3P/c1-6-14-12(3)7-8-13(4)15(14)16(5,19-20-18)9-11(2)10-17/h11-15,17H,6-10H2,1-5H3/t11?,12?,13?,14-,15-,16-/m0/s1. The van der Waals surface area contributed by atoms with Gasteiger partial charge >= 0.3 is 8.69 Å². The van der Waals surface area contributed by atoms with Gasteiger partial charge in [0.15, 0.2) is 0 Å². The molecule has 1 rings (SSSR count). The van der Waals surface area contributed by atoms with Crippen LogP contribution in [0.25, 0.3) is 0 Å². The molecular formula is C16H31O3P. The Kier molecular flexibility index (Phi) is 7.11. The summed E-state index contributed by atoms with van der Waals surface area (Å²) in [7, 11) is -0.243. The van der Waals surface area contributed by atoms with Crippen molar-refractivity contribution >= 4 is 8.69 Å². The highest BCUT2D eigenvalue weighted by Crippen LogP contribution is 2.49. The molecule has 0 bridgehead atoms. The lowest BCUT2D eigenvalue weighted by atomic mass is 9.59. The lowest BCUT2D eigenvalue weighted by Crippen LogP contribution is -2.48. The van der Waals surface area contributed by atoms with Crippen molar-refractivity contribution in [1.82, 2.24) is 0 Å². The molecule has 0 aromatic heterocycles. The van der Waals surface area contributed by atoms with Crippen molar-refractivity contribution in [2.24, 2.45) is 29.6 Å². The molecule has 0 aliphatic heterocycles. The molecule has 0 spiro atoms. The minimum Gasteiger partial charge on any atom is -0.396 e. The van der Waals surface area contributed by atoms with E-state index in [-0.39, 0.29) is 21.2 Å². The number of aliphatic hydroxyl groups excluding tert-OH is 1. The molecule has 0 heterocycles. The van der Waals surface area contributed by atoms with Gasteiger partial charge in [-0.05, 0) is 42.9 Å². The Bertz CT molecular complexity index is 310. The summed E-state index contributed by atoms with van der Waals surface area (Å²) in [6.45, 7) is 11.1. The van der Waals surface area contributed by atoms with Crippen LogP contribution in [0.2, 0.25) is 0 Å². The fraction of sp³-hybridized carbons (Fsp3) is 1.00. The van der Waals surface area contributed by atoms with E-state index in [1.165, 1.54) is 12.8 Å². The first-order chi connectivity index (χ1) is 9.39. The minimum absolute atomic E-state index is 0.155. The van der Waals surface area contributed by atoms with Crippen LogP contribution in [0.3, 0.4) is 0 Å². The van der Waals surface area contributed by atoms with Crippen LogP contribution in [0.4, 0.5) is 0 Å². The van der Waals surface area contributed by atoms with Gasteiger partial charge in [0.1, 0.15) is 0 Å². The van der Waals surface area contributed by atoms with Crippen LogP contribution in [0, 0.1) is 29.6 Å². The van der Waals surface area contributed by atoms with Crippen molar-refractivity contribution in [2.45, 2.75) is 65.9 Å². The molecule has 0 radical (unpaired) electrons. The molecule has 1 aliphatic rings. The van der Waals surface area contributed by atoms with Gasteiger partial charge in [-0.2, -0.15) is 0 Å². The van der Waals surface area contributed by atoms with Crippen molar-refractivity contribution in [2.75, 3.05) is 6.61 Å². The Morgan fingerprint density at radius 2 is 1.95 bits per heavy atom. The van der Waals surface area contributed by atoms with Crippen LogP contribution in [0.15, 0.2) is 0 Å². The van der Waals surface area contributed by atoms with E-state index in [2.05, 4.69) is 27.7 Å². The van der Waals surface area contributed by atoms with E-state index in [9.17, 15) is 9.67 Å². The zero-order valence-corrected chi connectivity index (χ0v) is 14.5. The van der Waals surface area contributed by atoms with Crippen LogP contribution >= 0.6 is 8.69 Å². The highest BCUT2D eigenvalue weighted by molar-refractivity contribution is 7.17. The van der Waals surface area contributed by atoms with Crippen LogP contribution in [0.5, 0.6) is 0 Å². The zero-order valence-electron chi connectivity index (χ0n) is 13.6. The van der Waals surface area contributed by atoms with Gasteiger partial charge in [0.05, 0.1) is 5.60 Å². The first-order valence-corrected chi connectivity index (χ1v) is 8.74. The first kappa shape index (κ1) is 18.1. The monoisotopic (exact) mass is 302 g/mol. The van der Waals surface area contributed by atoms with Crippen LogP contribution < -0.4 is 0 Å². The highest BCUT2D eigenvalue weighted by Gasteiger charge is 2.47. The number of rotatable bonds is 7. The van der Waals surface area contributed by atoms with E-state index in [4.69, 9.17) is 4.52 Å². The summed E-state index contributed by atoms with van der Waals surface area (Å²) < 4.78 is 16.8. The Labute approximate surface area is 125 Å². The highest BCUT2D eigenvalue weighted by atomic mass is 31.1. The molecule has 1 saturated carbocycles. The number of aliphatic hydroxyl groups is 1. The van der Waals surface area contributed by atoms with Crippen molar-refractivity contribution in [3.8, 4) is 0 Å². The molecule has 0 aromatic carbocycles. The molecule has 4 heteroatoms. The van der Waals surface area contributed by atoms with Gasteiger partial charge in [0, 0.05) is 6.61 Å². The lowest BCUT2D eigenvalue weighted by molar-refractivity contribution is -0.0726. The van der Waals surface area contributed by atoms with Crippen molar-refractivity contribution in [3.63, 3.8) is 0 Å². The third-order valence-electron chi connectivity index (χ3n) is 5.37. The van der Waals surface area contributed by atoms with Gasteiger partial charge in [-0.1, -0.05) is 47.0 Å². The summed E-state index contributed by atoms with van der Waals surface area (Å²) in [5.74, 6) is 2.46. The van der Waals surface area contributed by atoms with E-state index < -0.39 is 5.60 Å². The van der Waals surface area contributed by atoms with Gasteiger partial charge in [-0.15, -0.1) is 0 Å². The van der Waals surface area contributed by atoms with Crippen LogP contribution in [-0.4, -0.2) is 17.3 Å². The summed E-state index contributed by atoms with van der Waals surface area (Å²) in [5.41, 5.74) is -0.416. The lowest BCUT2D eigenvalue weighted by Gasteiger charge is -2.49. The molecule has 0 saturated heterocycles. The predicted molar refractivity (Wildman–Crippen MR) is 82.8 cm³/mol. The van der Waals surface area contributed by atoms with E-state index >= 15 is 0 Å². The number of hydrogen-bond donors (Lipinski definition) is 1. The predicted octanol–water partition coefficient (Wildman–Crippen LogP) is 4.70. The van der Waals surface area contributed by atoms with E-state index in [1.807, 2.05) is 6.92 Å². The maximum absolute atomic E-state index is 11.1. The van der Waals surface area contributed by atoms with Crippen molar-refractivity contribution in [3.05, 3.63) is 0 Å². The first-order valence-electron chi connectivity index (χ1n) is 8.01. The second-order valence-electron chi connectivity index (χ2n) is 7.10. The summed E-state index contributed by atoms with van der Waals surface area (Å²) in [5, 5.41) is 9.37. The van der Waals surface area contributed by atoms with Gasteiger partial charge in [0.25, 0.3) is 0 Å². The molecule has 3 nitrogen and oxygen atoms in total. The third-order valence-corrected chi connectivity index (χ3v) is 5.86. The molecule has 6 atom stereocenters. The van der Waals surface area contributed by atoms with Gasteiger partial charge < -0.3 is 5.11 Å². The summed E-state index contributed by atoms with van der Waals surface area (Å²) in [4.78, 5) is 0. The molecule has 118 valence electrons. The average Bonchev–Trinajstić information content (AvgIpc) is 2.40. The Hall–Kier alpha value is 0.0200. The topological polar surface area (TPSA) is 46.5 Å². The largest absolute Gasteiger partial charge is 0.396 e. The molecule has 0 aromatic rings. The van der Waals surface area contributed by atoms with Crippen molar-refractivity contribution < 1.29 is 14.2 Å². The van der Waals surface area contributed by atoms with Crippen LogP contribution in [-0.2, 0) is 9.09 Å². The zero-order chi connectivity index (χ0) is 15.3. The third kappa shape index (κ3) is 4.02. The summed E-state index contributed by atoms with van der Waals surface area (Å²) in [6.07, 6.45) is 4.39. The molecule has 1 N–H and O–H groups in total. The summed E-state index contributed by atoms with van der Waals surface area (Å²) >= 11 is 0. The summed E-state index contributed by atoms with van der Waals surface area (Å²) in [6, 6.07) is 0. The molecule has 1 aliphatic carbocycles. The molecule has 20 heavy (non-hydrogen) atoms. The molecule has 3 unspecified atom stereocenters. The SMILES string of the molecule is CC[C@H]1C(C)CCC(C)[C@@H]1[C@](C)(CC(C)CO)OP=O. The van der Waals surface area contributed by atoms with E-state index in [0.29, 0.717) is 23.7 Å². The second-order valence-corrected chi connectivity index (χ2v) is 7.43. The fourth-order valence-electron chi connectivity index (χ4n) is 4.48. The Morgan fingerprint density at radius 1 is 1.35 bits per heavy atom. The van der Waals surface area contributed by atoms with Gasteiger partial charge in [-0.25, -0.2) is 4.57 Å². The molecule has 0 amide bonds. The van der Waals surface area contributed by atoms with Gasteiger partial charge in [0.2, 0.25) is 0 Å². The van der Waals surface area contributed by atoms with Gasteiger partial charge in [-0.3, -0.25) is 4.52 Å². The molecular weight excluding hydrogens is 271 g/mol. The second kappa shape index (κ2) is 7.87. The fourth-order valence-corrected chi connectivity index (χ4v) is 4.85. The smallest absolute Gasteiger partial charge is 0.327 e. The van der Waals surface area contributed by atoms with E-state index in [1.54, 1.807) is 0 Å². The quantitative estimate of drug-likeness (QED) is 0.694. The van der Waals surface area contributed by atoms with Crippen LogP contribution in [0.1, 0.15) is 60.3 Å². The van der Waals surface area contributed by atoms with Crippen molar-refractivity contribution in [1.29, 1.82) is 0 Å². The van der Waals surface area contributed by atoms with E-state index in [0.717, 1.165) is 12.8 Å². The number of hydrogen-bond acceptors (Lipinski definition) is 3. The average molecular weight is 302 g/mol.